The molecule has 0 unspecified atom stereocenters. The summed E-state index contributed by atoms with van der Waals surface area (Å²) in [6.45, 7) is 0. The first-order valence-corrected chi connectivity index (χ1v) is 5.34. The maximum atomic E-state index is 10.5. The van der Waals surface area contributed by atoms with Gasteiger partial charge in [-0.15, -0.1) is 0 Å². The quantitative estimate of drug-likeness (QED) is 0.508. The van der Waals surface area contributed by atoms with Crippen molar-refractivity contribution in [3.05, 3.63) is 62.4 Å². The van der Waals surface area contributed by atoms with Crippen LogP contribution < -0.4 is 5.43 Å². The molecule has 0 saturated carbocycles. The normalized spacial score (nSPS) is 10.6. The summed E-state index contributed by atoms with van der Waals surface area (Å²) in [5, 5.41) is 24.6. The second kappa shape index (κ2) is 5.61. The summed E-state index contributed by atoms with van der Waals surface area (Å²) >= 11 is 0. The SMILES string of the molecule is O=[N+]([O-])c1ccc(NN=Cc2ccc([N+](=O)[O-])o2)cc1. The Kier molecular flexibility index (Phi) is 3.70. The summed E-state index contributed by atoms with van der Waals surface area (Å²) in [6, 6.07) is 8.25. The molecule has 0 fully saturated rings. The Labute approximate surface area is 111 Å². The van der Waals surface area contributed by atoms with Crippen LogP contribution in [0.3, 0.4) is 0 Å². The highest BCUT2D eigenvalue weighted by Gasteiger charge is 2.10. The average molecular weight is 276 g/mol. The third-order valence-electron chi connectivity index (χ3n) is 2.26. The van der Waals surface area contributed by atoms with Crippen molar-refractivity contribution in [2.45, 2.75) is 0 Å². The lowest BCUT2D eigenvalue weighted by atomic mass is 10.3. The van der Waals surface area contributed by atoms with E-state index in [4.69, 9.17) is 4.42 Å². The van der Waals surface area contributed by atoms with Crippen molar-refractivity contribution in [1.82, 2.24) is 0 Å². The van der Waals surface area contributed by atoms with Crippen molar-refractivity contribution >= 4 is 23.5 Å². The molecule has 0 aliphatic rings. The van der Waals surface area contributed by atoms with Gasteiger partial charge in [-0.25, -0.2) is 0 Å². The Hall–Kier alpha value is -3.23. The predicted molar refractivity (Wildman–Crippen MR) is 69.7 cm³/mol. The molecular weight excluding hydrogens is 268 g/mol. The number of furan rings is 1. The Morgan fingerprint density at radius 1 is 1.05 bits per heavy atom. The van der Waals surface area contributed by atoms with Gasteiger partial charge in [-0.1, -0.05) is 0 Å². The Morgan fingerprint density at radius 3 is 2.30 bits per heavy atom. The largest absolute Gasteiger partial charge is 0.433 e. The third kappa shape index (κ3) is 3.16. The second-order valence-electron chi connectivity index (χ2n) is 3.61. The van der Waals surface area contributed by atoms with Crippen molar-refractivity contribution in [1.29, 1.82) is 0 Å². The van der Waals surface area contributed by atoms with E-state index >= 15 is 0 Å². The van der Waals surface area contributed by atoms with Crippen molar-refractivity contribution < 1.29 is 14.3 Å². The molecule has 0 bridgehead atoms. The first-order valence-electron chi connectivity index (χ1n) is 5.34. The average Bonchev–Trinajstić information content (AvgIpc) is 2.88. The van der Waals surface area contributed by atoms with Crippen LogP contribution in [0.25, 0.3) is 0 Å². The Balaban J connectivity index is 1.98. The van der Waals surface area contributed by atoms with Crippen LogP contribution in [-0.4, -0.2) is 16.1 Å². The second-order valence-corrected chi connectivity index (χ2v) is 3.61. The number of hydrogen-bond acceptors (Lipinski definition) is 7. The molecule has 0 saturated heterocycles. The molecule has 102 valence electrons. The van der Waals surface area contributed by atoms with Crippen LogP contribution in [0.1, 0.15) is 5.76 Å². The number of nitrogens with one attached hydrogen (secondary N) is 1. The van der Waals surface area contributed by atoms with E-state index in [9.17, 15) is 20.2 Å². The number of hydrazone groups is 1. The van der Waals surface area contributed by atoms with Crippen LogP contribution in [0.4, 0.5) is 17.3 Å². The van der Waals surface area contributed by atoms with Crippen molar-refractivity contribution in [2.24, 2.45) is 5.10 Å². The van der Waals surface area contributed by atoms with E-state index < -0.39 is 9.85 Å². The zero-order valence-corrected chi connectivity index (χ0v) is 9.92. The molecule has 1 N–H and O–H groups in total. The number of hydrogen-bond donors (Lipinski definition) is 1. The molecule has 1 aromatic heterocycles. The van der Waals surface area contributed by atoms with Gasteiger partial charge in [0.05, 0.1) is 22.9 Å². The predicted octanol–water partition coefficient (Wildman–Crippen LogP) is 2.54. The van der Waals surface area contributed by atoms with Crippen molar-refractivity contribution in [3.63, 3.8) is 0 Å². The van der Waals surface area contributed by atoms with E-state index in [-0.39, 0.29) is 17.3 Å². The molecule has 0 radical (unpaired) electrons. The first kappa shape index (κ1) is 13.2. The van der Waals surface area contributed by atoms with Gasteiger partial charge in [0.25, 0.3) is 5.69 Å². The first-order chi connectivity index (χ1) is 9.56. The van der Waals surface area contributed by atoms with E-state index in [0.29, 0.717) is 5.69 Å². The number of non-ortho nitro benzene ring substituents is 1. The minimum absolute atomic E-state index is 0.0267. The van der Waals surface area contributed by atoms with Crippen molar-refractivity contribution in [3.8, 4) is 0 Å². The van der Waals surface area contributed by atoms with Gasteiger partial charge < -0.3 is 4.42 Å². The lowest BCUT2D eigenvalue weighted by Gasteiger charge is -1.98. The fraction of sp³-hybridized carbons (Fsp3) is 0. The number of nitro benzene ring substituents is 1. The molecule has 0 aliphatic carbocycles. The number of nitrogens with zero attached hydrogens (tertiary/aromatic N) is 3. The number of benzene rings is 1. The minimum atomic E-state index is -0.652. The minimum Gasteiger partial charge on any atom is -0.400 e. The maximum absolute atomic E-state index is 10.5. The highest BCUT2D eigenvalue weighted by atomic mass is 16.6. The van der Waals surface area contributed by atoms with E-state index in [2.05, 4.69) is 10.5 Å². The van der Waals surface area contributed by atoms with Gasteiger partial charge in [-0.05, 0) is 18.2 Å². The van der Waals surface area contributed by atoms with Crippen LogP contribution in [0.2, 0.25) is 0 Å². The summed E-state index contributed by atoms with van der Waals surface area (Å²) in [7, 11) is 0. The highest BCUT2D eigenvalue weighted by Crippen LogP contribution is 2.16. The van der Waals surface area contributed by atoms with Gasteiger partial charge in [0.15, 0.2) is 5.76 Å². The molecule has 9 heteroatoms. The van der Waals surface area contributed by atoms with Gasteiger partial charge in [0.2, 0.25) is 0 Å². The lowest BCUT2D eigenvalue weighted by Crippen LogP contribution is -1.91. The summed E-state index contributed by atoms with van der Waals surface area (Å²) < 4.78 is 4.86. The Bertz CT molecular complexity index is 662. The fourth-order valence-corrected chi connectivity index (χ4v) is 1.34. The molecule has 0 spiro atoms. The zero-order valence-electron chi connectivity index (χ0n) is 9.92. The van der Waals surface area contributed by atoms with Crippen LogP contribution in [0, 0.1) is 20.2 Å². The van der Waals surface area contributed by atoms with Gasteiger partial charge in [0.1, 0.15) is 4.92 Å². The molecule has 1 heterocycles. The molecule has 9 nitrogen and oxygen atoms in total. The summed E-state index contributed by atoms with van der Waals surface area (Å²) in [6.07, 6.45) is 1.26. The number of nitro groups is 2. The summed E-state index contributed by atoms with van der Waals surface area (Å²) in [5.41, 5.74) is 3.12. The van der Waals surface area contributed by atoms with Crippen LogP contribution in [0.5, 0.6) is 0 Å². The fourth-order valence-electron chi connectivity index (χ4n) is 1.34. The molecule has 2 rings (SSSR count). The monoisotopic (exact) mass is 276 g/mol. The van der Waals surface area contributed by atoms with Gasteiger partial charge in [0, 0.05) is 12.1 Å². The van der Waals surface area contributed by atoms with Gasteiger partial charge in [-0.3, -0.25) is 25.7 Å². The standard InChI is InChI=1S/C11H8N4O5/c16-14(17)9-3-1-8(2-4-9)13-12-7-10-5-6-11(20-10)15(18)19/h1-7,13H. The molecule has 0 amide bonds. The molecular formula is C11H8N4O5. The smallest absolute Gasteiger partial charge is 0.400 e. The number of anilines is 1. The molecule has 1 aromatic carbocycles. The highest BCUT2D eigenvalue weighted by molar-refractivity contribution is 5.77. The van der Waals surface area contributed by atoms with Gasteiger partial charge >= 0.3 is 5.88 Å². The van der Waals surface area contributed by atoms with Crippen molar-refractivity contribution in [2.75, 3.05) is 5.43 Å². The third-order valence-corrected chi connectivity index (χ3v) is 2.26. The molecule has 20 heavy (non-hydrogen) atoms. The van der Waals surface area contributed by atoms with Crippen LogP contribution in [0.15, 0.2) is 45.9 Å². The molecule has 0 aliphatic heterocycles. The van der Waals surface area contributed by atoms with E-state index in [1.807, 2.05) is 0 Å². The topological polar surface area (TPSA) is 124 Å². The van der Waals surface area contributed by atoms with Crippen LogP contribution >= 0.6 is 0 Å². The van der Waals surface area contributed by atoms with Gasteiger partial charge in [-0.2, -0.15) is 5.10 Å². The molecule has 2 aromatic rings. The lowest BCUT2D eigenvalue weighted by molar-refractivity contribution is -0.402. The zero-order chi connectivity index (χ0) is 14.5. The van der Waals surface area contributed by atoms with E-state index in [0.717, 1.165) is 0 Å². The number of rotatable bonds is 5. The summed E-state index contributed by atoms with van der Waals surface area (Å²) in [4.78, 5) is 19.7. The maximum Gasteiger partial charge on any atom is 0.433 e. The molecule has 0 atom stereocenters. The van der Waals surface area contributed by atoms with Crippen LogP contribution in [-0.2, 0) is 0 Å². The Morgan fingerprint density at radius 2 is 1.75 bits per heavy atom. The summed E-state index contributed by atoms with van der Waals surface area (Å²) in [5.74, 6) is -0.159. The van der Waals surface area contributed by atoms with E-state index in [1.165, 1.54) is 42.6 Å². The van der Waals surface area contributed by atoms with E-state index in [1.54, 1.807) is 0 Å².